The van der Waals surface area contributed by atoms with Crippen molar-refractivity contribution < 1.29 is 9.50 Å². The largest absolute Gasteiger partial charge is 0.389 e. The fourth-order valence-corrected chi connectivity index (χ4v) is 2.93. The maximum Gasteiger partial charge on any atom is 0.131 e. The van der Waals surface area contributed by atoms with Gasteiger partial charge in [-0.15, -0.1) is 0 Å². The molecule has 1 N–H and O–H groups in total. The van der Waals surface area contributed by atoms with Crippen LogP contribution in [0.2, 0.25) is 0 Å². The van der Waals surface area contributed by atoms with E-state index in [4.69, 9.17) is 0 Å². The molecule has 1 heterocycles. The molecule has 1 aliphatic rings. The first kappa shape index (κ1) is 13.3. The highest BCUT2D eigenvalue weighted by molar-refractivity contribution is 5.56. The van der Waals surface area contributed by atoms with E-state index in [0.29, 0.717) is 11.6 Å². The summed E-state index contributed by atoms with van der Waals surface area (Å²) < 4.78 is 13.9. The number of aliphatic hydroxyl groups excluding tert-OH is 1. The van der Waals surface area contributed by atoms with Crippen molar-refractivity contribution in [2.24, 2.45) is 0 Å². The Labute approximate surface area is 108 Å². The van der Waals surface area contributed by atoms with Crippen molar-refractivity contribution in [2.75, 3.05) is 11.4 Å². The fourth-order valence-electron chi connectivity index (χ4n) is 2.93. The summed E-state index contributed by atoms with van der Waals surface area (Å²) in [7, 11) is 0. The number of hydrogen-bond acceptors (Lipinski definition) is 2. The summed E-state index contributed by atoms with van der Waals surface area (Å²) in [6.45, 7) is 4.76. The molecular formula is C15H22FNO. The Morgan fingerprint density at radius 2 is 2.22 bits per heavy atom. The number of piperidine rings is 1. The summed E-state index contributed by atoms with van der Waals surface area (Å²) in [4.78, 5) is 2.27. The van der Waals surface area contributed by atoms with Crippen LogP contribution in [-0.2, 0) is 0 Å². The molecule has 0 aliphatic carbocycles. The third-order valence-corrected chi connectivity index (χ3v) is 3.86. The molecule has 18 heavy (non-hydrogen) atoms. The normalized spacial score (nSPS) is 22.0. The van der Waals surface area contributed by atoms with Gasteiger partial charge in [-0.2, -0.15) is 0 Å². The van der Waals surface area contributed by atoms with Crippen molar-refractivity contribution in [2.45, 2.75) is 51.7 Å². The van der Waals surface area contributed by atoms with Gasteiger partial charge in [0.1, 0.15) is 5.82 Å². The van der Waals surface area contributed by atoms with Crippen molar-refractivity contribution in [3.05, 3.63) is 29.6 Å². The lowest BCUT2D eigenvalue weighted by molar-refractivity contribution is 0.194. The van der Waals surface area contributed by atoms with Crippen LogP contribution in [0.1, 0.15) is 51.2 Å². The number of rotatable bonds is 3. The van der Waals surface area contributed by atoms with Crippen LogP contribution in [0.5, 0.6) is 0 Å². The van der Waals surface area contributed by atoms with Gasteiger partial charge in [-0.3, -0.25) is 0 Å². The summed E-state index contributed by atoms with van der Waals surface area (Å²) in [5, 5.41) is 9.81. The van der Waals surface area contributed by atoms with Gasteiger partial charge < -0.3 is 10.0 Å². The van der Waals surface area contributed by atoms with E-state index in [1.165, 1.54) is 12.5 Å². The Morgan fingerprint density at radius 1 is 1.44 bits per heavy atom. The summed E-state index contributed by atoms with van der Waals surface area (Å²) in [5.74, 6) is -0.303. The zero-order chi connectivity index (χ0) is 13.1. The van der Waals surface area contributed by atoms with E-state index in [-0.39, 0.29) is 5.82 Å². The second kappa shape index (κ2) is 5.70. The van der Waals surface area contributed by atoms with Crippen molar-refractivity contribution >= 4 is 5.69 Å². The number of anilines is 1. The van der Waals surface area contributed by atoms with Gasteiger partial charge in [0.25, 0.3) is 0 Å². The van der Waals surface area contributed by atoms with E-state index >= 15 is 0 Å². The minimum Gasteiger partial charge on any atom is -0.389 e. The van der Waals surface area contributed by atoms with Gasteiger partial charge in [-0.1, -0.05) is 13.0 Å². The van der Waals surface area contributed by atoms with Crippen LogP contribution in [0.25, 0.3) is 0 Å². The SMILES string of the molecule is CCC1CCCCN1c1cccc(F)c1[C@H](C)O. The molecule has 0 saturated carbocycles. The first-order valence-electron chi connectivity index (χ1n) is 6.88. The molecule has 0 bridgehead atoms. The number of benzene rings is 1. The molecule has 1 aromatic rings. The van der Waals surface area contributed by atoms with Crippen LogP contribution in [-0.4, -0.2) is 17.7 Å². The molecular weight excluding hydrogens is 229 g/mol. The summed E-state index contributed by atoms with van der Waals surface area (Å²) in [5.41, 5.74) is 1.31. The maximum atomic E-state index is 13.9. The average Bonchev–Trinajstić information content (AvgIpc) is 2.38. The molecule has 1 unspecified atom stereocenters. The maximum absolute atomic E-state index is 13.9. The van der Waals surface area contributed by atoms with Crippen LogP contribution >= 0.6 is 0 Å². The summed E-state index contributed by atoms with van der Waals surface area (Å²) in [6.07, 6.45) is 3.85. The van der Waals surface area contributed by atoms with Crippen molar-refractivity contribution in [3.63, 3.8) is 0 Å². The van der Waals surface area contributed by atoms with E-state index in [1.807, 2.05) is 6.07 Å². The highest BCUT2D eigenvalue weighted by atomic mass is 19.1. The Balaban J connectivity index is 2.39. The van der Waals surface area contributed by atoms with Gasteiger partial charge in [0.05, 0.1) is 6.10 Å². The lowest BCUT2D eigenvalue weighted by Gasteiger charge is -2.38. The van der Waals surface area contributed by atoms with Crippen LogP contribution < -0.4 is 4.90 Å². The molecule has 100 valence electrons. The summed E-state index contributed by atoms with van der Waals surface area (Å²) in [6, 6.07) is 5.56. The quantitative estimate of drug-likeness (QED) is 0.886. The van der Waals surface area contributed by atoms with E-state index in [0.717, 1.165) is 31.5 Å². The van der Waals surface area contributed by atoms with E-state index in [2.05, 4.69) is 11.8 Å². The van der Waals surface area contributed by atoms with Crippen molar-refractivity contribution in [1.29, 1.82) is 0 Å². The van der Waals surface area contributed by atoms with Crippen LogP contribution in [0.15, 0.2) is 18.2 Å². The molecule has 1 aromatic carbocycles. The van der Waals surface area contributed by atoms with Crippen molar-refractivity contribution in [3.8, 4) is 0 Å². The predicted octanol–water partition coefficient (Wildman–Crippen LogP) is 3.65. The molecule has 0 aromatic heterocycles. The van der Waals surface area contributed by atoms with Gasteiger partial charge in [0.2, 0.25) is 0 Å². The molecule has 0 spiro atoms. The highest BCUT2D eigenvalue weighted by Crippen LogP contribution is 2.33. The van der Waals surface area contributed by atoms with Gasteiger partial charge in [-0.05, 0) is 44.7 Å². The van der Waals surface area contributed by atoms with E-state index in [1.54, 1.807) is 13.0 Å². The molecule has 2 nitrogen and oxygen atoms in total. The topological polar surface area (TPSA) is 23.5 Å². The van der Waals surface area contributed by atoms with Crippen LogP contribution in [0, 0.1) is 5.82 Å². The minimum absolute atomic E-state index is 0.303. The lowest BCUT2D eigenvalue weighted by Crippen LogP contribution is -2.39. The Hall–Kier alpha value is -1.09. The second-order valence-electron chi connectivity index (χ2n) is 5.10. The average molecular weight is 251 g/mol. The molecule has 1 saturated heterocycles. The van der Waals surface area contributed by atoms with Gasteiger partial charge in [-0.25, -0.2) is 4.39 Å². The predicted molar refractivity (Wildman–Crippen MR) is 72.3 cm³/mol. The first-order chi connectivity index (χ1) is 8.65. The second-order valence-corrected chi connectivity index (χ2v) is 5.10. The summed E-state index contributed by atoms with van der Waals surface area (Å²) >= 11 is 0. The monoisotopic (exact) mass is 251 g/mol. The number of halogens is 1. The highest BCUT2D eigenvalue weighted by Gasteiger charge is 2.25. The van der Waals surface area contributed by atoms with Gasteiger partial charge >= 0.3 is 0 Å². The third-order valence-electron chi connectivity index (χ3n) is 3.86. The fraction of sp³-hybridized carbons (Fsp3) is 0.600. The van der Waals surface area contributed by atoms with Gasteiger partial charge in [0.15, 0.2) is 0 Å². The Bertz CT molecular complexity index is 405. The number of aliphatic hydroxyl groups is 1. The smallest absolute Gasteiger partial charge is 0.131 e. The third kappa shape index (κ3) is 2.51. The van der Waals surface area contributed by atoms with Crippen LogP contribution in [0.4, 0.5) is 10.1 Å². The standard InChI is InChI=1S/C15H22FNO/c1-3-12-7-4-5-10-17(12)14-9-6-8-13(16)15(14)11(2)18/h6,8-9,11-12,18H,3-5,7,10H2,1-2H3/t11-,12?/m0/s1. The van der Waals surface area contributed by atoms with Gasteiger partial charge in [0, 0.05) is 23.8 Å². The zero-order valence-electron chi connectivity index (χ0n) is 11.2. The zero-order valence-corrected chi connectivity index (χ0v) is 11.2. The van der Waals surface area contributed by atoms with E-state index < -0.39 is 6.10 Å². The molecule has 3 heteroatoms. The first-order valence-corrected chi connectivity index (χ1v) is 6.88. The Kier molecular flexibility index (Phi) is 4.23. The Morgan fingerprint density at radius 3 is 2.89 bits per heavy atom. The molecule has 2 rings (SSSR count). The van der Waals surface area contributed by atoms with Crippen molar-refractivity contribution in [1.82, 2.24) is 0 Å². The molecule has 1 fully saturated rings. The molecule has 1 aliphatic heterocycles. The molecule has 2 atom stereocenters. The lowest BCUT2D eigenvalue weighted by atomic mass is 9.97. The number of hydrogen-bond donors (Lipinski definition) is 1. The van der Waals surface area contributed by atoms with E-state index in [9.17, 15) is 9.50 Å². The molecule has 0 radical (unpaired) electrons. The minimum atomic E-state index is -0.763. The van der Waals surface area contributed by atoms with Crippen LogP contribution in [0.3, 0.4) is 0 Å². The molecule has 0 amide bonds. The number of nitrogens with zero attached hydrogens (tertiary/aromatic N) is 1.